The normalized spacial score (nSPS) is 17.0. The van der Waals surface area contributed by atoms with Crippen LogP contribution in [0.2, 0.25) is 0 Å². The van der Waals surface area contributed by atoms with E-state index < -0.39 is 6.04 Å². The number of amides is 2. The maximum Gasteiger partial charge on any atom is 0.243 e. The molecule has 1 saturated heterocycles. The summed E-state index contributed by atoms with van der Waals surface area (Å²) in [5.41, 5.74) is 2.51. The van der Waals surface area contributed by atoms with E-state index in [2.05, 4.69) is 49.7 Å². The van der Waals surface area contributed by atoms with Gasteiger partial charge in [-0.2, -0.15) is 0 Å². The maximum atomic E-state index is 15.0. The second-order valence-electron chi connectivity index (χ2n) is 12.9. The van der Waals surface area contributed by atoms with E-state index in [0.717, 1.165) is 34.7 Å². The van der Waals surface area contributed by atoms with Crippen LogP contribution >= 0.6 is 0 Å². The lowest BCUT2D eigenvalue weighted by atomic mass is 9.79. The Labute approximate surface area is 247 Å². The Kier molecular flexibility index (Phi) is 8.46. The molecular formula is C36H40FN3O2. The third-order valence-corrected chi connectivity index (χ3v) is 7.92. The molecule has 218 valence electrons. The minimum absolute atomic E-state index is 0.0269. The average Bonchev–Trinajstić information content (AvgIpc) is 2.91. The van der Waals surface area contributed by atoms with Gasteiger partial charge in [0.1, 0.15) is 11.9 Å². The predicted octanol–water partition coefficient (Wildman–Crippen LogP) is 6.34. The largest absolute Gasteiger partial charge is 0.351 e. The zero-order chi connectivity index (χ0) is 29.9. The van der Waals surface area contributed by atoms with Crippen LogP contribution in [0.4, 0.5) is 4.39 Å². The van der Waals surface area contributed by atoms with Gasteiger partial charge in [-0.25, -0.2) is 4.39 Å². The molecule has 5 nitrogen and oxygen atoms in total. The lowest BCUT2D eigenvalue weighted by Crippen LogP contribution is -2.63. The van der Waals surface area contributed by atoms with Crippen molar-refractivity contribution in [2.75, 3.05) is 0 Å². The molecule has 0 aromatic heterocycles. The number of nitrogens with one attached hydrogen (secondary N) is 3. The Bertz CT molecular complexity index is 1570. The molecule has 4 aromatic carbocycles. The van der Waals surface area contributed by atoms with Crippen molar-refractivity contribution in [3.63, 3.8) is 0 Å². The fourth-order valence-corrected chi connectivity index (χ4v) is 6.49. The number of hydrogen-bond donors (Lipinski definition) is 3. The van der Waals surface area contributed by atoms with E-state index in [4.69, 9.17) is 0 Å². The first-order valence-electron chi connectivity index (χ1n) is 14.7. The number of carbonyl (C=O) groups is 2. The molecule has 0 spiro atoms. The van der Waals surface area contributed by atoms with Crippen LogP contribution in [0.5, 0.6) is 0 Å². The third kappa shape index (κ3) is 7.42. The van der Waals surface area contributed by atoms with Gasteiger partial charge >= 0.3 is 0 Å². The third-order valence-electron chi connectivity index (χ3n) is 7.92. The van der Waals surface area contributed by atoms with Gasteiger partial charge in [-0.15, -0.1) is 0 Å². The summed E-state index contributed by atoms with van der Waals surface area (Å²) in [6.45, 7) is 8.57. The summed E-state index contributed by atoms with van der Waals surface area (Å²) < 4.78 is 15.0. The first-order valence-corrected chi connectivity index (χ1v) is 14.7. The van der Waals surface area contributed by atoms with E-state index in [1.54, 1.807) is 12.1 Å². The molecule has 1 aliphatic rings. The summed E-state index contributed by atoms with van der Waals surface area (Å²) in [4.78, 5) is 27.0. The molecule has 0 unspecified atom stereocenters. The summed E-state index contributed by atoms with van der Waals surface area (Å²) in [5, 5.41) is 12.1. The van der Waals surface area contributed by atoms with Crippen molar-refractivity contribution in [2.24, 2.45) is 0 Å². The van der Waals surface area contributed by atoms with Crippen LogP contribution in [0, 0.1) is 5.82 Å². The Hall–Kier alpha value is -4.03. The van der Waals surface area contributed by atoms with Gasteiger partial charge in [-0.1, -0.05) is 84.9 Å². The molecular weight excluding hydrogens is 525 g/mol. The molecule has 5 rings (SSSR count). The average molecular weight is 566 g/mol. The van der Waals surface area contributed by atoms with Crippen molar-refractivity contribution in [3.8, 4) is 11.1 Å². The Morgan fingerprint density at radius 2 is 1.48 bits per heavy atom. The van der Waals surface area contributed by atoms with Crippen molar-refractivity contribution in [1.82, 2.24) is 16.0 Å². The molecule has 0 aliphatic carbocycles. The van der Waals surface area contributed by atoms with E-state index in [1.807, 2.05) is 66.7 Å². The van der Waals surface area contributed by atoms with Crippen molar-refractivity contribution in [3.05, 3.63) is 108 Å². The number of piperidine rings is 1. The van der Waals surface area contributed by atoms with E-state index >= 15 is 0 Å². The molecule has 6 heteroatoms. The first-order chi connectivity index (χ1) is 20.0. The lowest BCUT2D eigenvalue weighted by Gasteiger charge is -2.46. The molecule has 2 amide bonds. The number of fused-ring (bicyclic) bond motifs is 1. The summed E-state index contributed by atoms with van der Waals surface area (Å²) >= 11 is 0. The topological polar surface area (TPSA) is 70.2 Å². The smallest absolute Gasteiger partial charge is 0.243 e. The maximum absolute atomic E-state index is 15.0. The molecule has 1 heterocycles. The summed E-state index contributed by atoms with van der Waals surface area (Å²) in [7, 11) is 0. The standard InChI is InChI=1S/C36H40FN3O2/c1-35(2)22-29(23-36(3,4)40-35)38-34(42)32(20-24-14-16-26-10-8-9-13-28(26)18-24)39-33(41)21-25-15-17-30(31(37)19-25)27-11-6-5-7-12-27/h5-19,29,32,40H,20-23H2,1-4H3,(H,38,42)(H,39,41)/t32-/m0/s1. The number of carbonyl (C=O) groups excluding carboxylic acids is 2. The van der Waals surface area contributed by atoms with Crippen LogP contribution in [0.1, 0.15) is 51.7 Å². The zero-order valence-electron chi connectivity index (χ0n) is 24.8. The highest BCUT2D eigenvalue weighted by Gasteiger charge is 2.39. The Morgan fingerprint density at radius 1 is 0.833 bits per heavy atom. The molecule has 0 radical (unpaired) electrons. The lowest BCUT2D eigenvalue weighted by molar-refractivity contribution is -0.129. The minimum atomic E-state index is -0.770. The molecule has 1 atom stereocenters. The van der Waals surface area contributed by atoms with Crippen LogP contribution in [0.25, 0.3) is 21.9 Å². The van der Waals surface area contributed by atoms with Crippen molar-refractivity contribution >= 4 is 22.6 Å². The van der Waals surface area contributed by atoms with Crippen LogP contribution < -0.4 is 16.0 Å². The second kappa shape index (κ2) is 12.1. The molecule has 4 aromatic rings. The zero-order valence-corrected chi connectivity index (χ0v) is 24.8. The fourth-order valence-electron chi connectivity index (χ4n) is 6.49. The summed E-state index contributed by atoms with van der Waals surface area (Å²) in [6, 6.07) is 27.6. The number of rotatable bonds is 8. The second-order valence-corrected chi connectivity index (χ2v) is 12.9. The molecule has 1 fully saturated rings. The number of hydrogen-bond acceptors (Lipinski definition) is 3. The highest BCUT2D eigenvalue weighted by molar-refractivity contribution is 5.89. The van der Waals surface area contributed by atoms with Gasteiger partial charge in [0.25, 0.3) is 0 Å². The van der Waals surface area contributed by atoms with E-state index in [-0.39, 0.29) is 41.2 Å². The molecule has 0 saturated carbocycles. The SMILES string of the molecule is CC1(C)CC(NC(=O)[C@H](Cc2ccc3ccccc3c2)NC(=O)Cc2ccc(-c3ccccc3)c(F)c2)CC(C)(C)N1. The van der Waals surface area contributed by atoms with Gasteiger partial charge in [0, 0.05) is 29.1 Å². The Morgan fingerprint density at radius 3 is 2.17 bits per heavy atom. The number of benzene rings is 4. The fraction of sp³-hybridized carbons (Fsp3) is 0.333. The van der Waals surface area contributed by atoms with Gasteiger partial charge < -0.3 is 16.0 Å². The van der Waals surface area contributed by atoms with Crippen LogP contribution in [0.15, 0.2) is 91.0 Å². The van der Waals surface area contributed by atoms with Crippen molar-refractivity contribution < 1.29 is 14.0 Å². The highest BCUT2D eigenvalue weighted by Crippen LogP contribution is 2.29. The van der Waals surface area contributed by atoms with E-state index in [1.165, 1.54) is 6.07 Å². The van der Waals surface area contributed by atoms with Crippen LogP contribution in [0.3, 0.4) is 0 Å². The van der Waals surface area contributed by atoms with Gasteiger partial charge in [0.2, 0.25) is 11.8 Å². The monoisotopic (exact) mass is 565 g/mol. The van der Waals surface area contributed by atoms with Gasteiger partial charge in [0.15, 0.2) is 0 Å². The molecule has 42 heavy (non-hydrogen) atoms. The van der Waals surface area contributed by atoms with Crippen molar-refractivity contribution in [1.29, 1.82) is 0 Å². The summed E-state index contributed by atoms with van der Waals surface area (Å²) in [5.74, 6) is -0.914. The predicted molar refractivity (Wildman–Crippen MR) is 168 cm³/mol. The molecule has 1 aliphatic heterocycles. The Balaban J connectivity index is 1.33. The van der Waals surface area contributed by atoms with Crippen LogP contribution in [-0.2, 0) is 22.4 Å². The molecule has 0 bridgehead atoms. The first kappa shape index (κ1) is 29.5. The van der Waals surface area contributed by atoms with E-state index in [9.17, 15) is 14.0 Å². The van der Waals surface area contributed by atoms with Gasteiger partial charge in [-0.3, -0.25) is 9.59 Å². The number of halogens is 1. The summed E-state index contributed by atoms with van der Waals surface area (Å²) in [6.07, 6.45) is 1.89. The van der Waals surface area contributed by atoms with E-state index in [0.29, 0.717) is 17.5 Å². The van der Waals surface area contributed by atoms with Crippen LogP contribution in [-0.4, -0.2) is 35.0 Å². The van der Waals surface area contributed by atoms with Crippen molar-refractivity contribution in [2.45, 2.75) is 76.5 Å². The quantitative estimate of drug-likeness (QED) is 0.234. The minimum Gasteiger partial charge on any atom is -0.351 e. The van der Waals surface area contributed by atoms with Gasteiger partial charge in [0.05, 0.1) is 6.42 Å². The highest BCUT2D eigenvalue weighted by atomic mass is 19.1. The molecule has 3 N–H and O–H groups in total. The van der Waals surface area contributed by atoms with Gasteiger partial charge in [-0.05, 0) is 74.1 Å².